The van der Waals surface area contributed by atoms with Gasteiger partial charge < -0.3 is 19.9 Å². The molecule has 3 heterocycles. The summed E-state index contributed by atoms with van der Waals surface area (Å²) in [5.74, 6) is 0.456. The number of fused-ring (bicyclic) bond motifs is 1. The lowest BCUT2D eigenvalue weighted by molar-refractivity contribution is -0.130. The number of nitriles is 1. The van der Waals surface area contributed by atoms with Crippen LogP contribution in [0.15, 0.2) is 72.9 Å². The Bertz CT molecular complexity index is 1540. The zero-order valence-corrected chi connectivity index (χ0v) is 23.0. The molecule has 1 amide bonds. The number of ether oxygens (including phenoxy) is 1. The first-order valence-corrected chi connectivity index (χ1v) is 14.1. The van der Waals surface area contributed by atoms with Gasteiger partial charge in [-0.1, -0.05) is 42.5 Å². The van der Waals surface area contributed by atoms with E-state index in [4.69, 9.17) is 15.0 Å². The summed E-state index contributed by atoms with van der Waals surface area (Å²) in [4.78, 5) is 27.9. The summed E-state index contributed by atoms with van der Waals surface area (Å²) < 4.78 is 5.47. The second-order valence-corrected chi connectivity index (χ2v) is 10.4. The highest BCUT2D eigenvalue weighted by atomic mass is 16.5. The van der Waals surface area contributed by atoms with Crippen molar-refractivity contribution in [3.63, 3.8) is 0 Å². The fraction of sp³-hybridized carbons (Fsp3) is 0.312. The molecule has 3 aromatic carbocycles. The van der Waals surface area contributed by atoms with Crippen LogP contribution in [0.2, 0.25) is 0 Å². The van der Waals surface area contributed by atoms with Gasteiger partial charge in [0.05, 0.1) is 24.8 Å². The molecule has 9 nitrogen and oxygen atoms in total. The van der Waals surface area contributed by atoms with Gasteiger partial charge in [0.2, 0.25) is 11.9 Å². The number of benzene rings is 3. The van der Waals surface area contributed by atoms with E-state index in [1.54, 1.807) is 4.90 Å². The van der Waals surface area contributed by atoms with Gasteiger partial charge in [0, 0.05) is 74.3 Å². The topological polar surface area (TPSA) is 97.6 Å². The fourth-order valence-corrected chi connectivity index (χ4v) is 5.43. The average Bonchev–Trinajstić information content (AvgIpc) is 3.02. The lowest BCUT2D eigenvalue weighted by atomic mass is 10.0. The monoisotopic (exact) mass is 547 g/mol. The van der Waals surface area contributed by atoms with Crippen LogP contribution in [0.4, 0.5) is 17.3 Å². The minimum atomic E-state index is -0.0916. The van der Waals surface area contributed by atoms with Gasteiger partial charge >= 0.3 is 0 Å². The summed E-state index contributed by atoms with van der Waals surface area (Å²) in [6.07, 6.45) is 1.81. The van der Waals surface area contributed by atoms with E-state index in [2.05, 4.69) is 62.6 Å². The number of hydrogen-bond acceptors (Lipinski definition) is 8. The molecule has 2 fully saturated rings. The molecule has 0 spiro atoms. The Morgan fingerprint density at radius 3 is 2.41 bits per heavy atom. The predicted octanol–water partition coefficient (Wildman–Crippen LogP) is 4.43. The molecule has 0 aliphatic carbocycles. The molecule has 2 saturated heterocycles. The third kappa shape index (κ3) is 6.30. The van der Waals surface area contributed by atoms with Crippen molar-refractivity contribution < 1.29 is 9.53 Å². The number of carbonyl (C=O) groups excluding carboxylic acids is 1. The molecule has 0 atom stereocenters. The van der Waals surface area contributed by atoms with Crippen LogP contribution in [0.25, 0.3) is 22.0 Å². The molecular weight excluding hydrogens is 514 g/mol. The van der Waals surface area contributed by atoms with Gasteiger partial charge in [-0.05, 0) is 35.4 Å². The van der Waals surface area contributed by atoms with E-state index in [1.807, 2.05) is 36.5 Å². The molecule has 2 aliphatic rings. The van der Waals surface area contributed by atoms with Crippen molar-refractivity contribution in [2.24, 2.45) is 0 Å². The quantitative estimate of drug-likeness (QED) is 0.363. The molecular formula is C32H33N7O2. The van der Waals surface area contributed by atoms with Crippen LogP contribution in [0.5, 0.6) is 0 Å². The Morgan fingerprint density at radius 1 is 0.927 bits per heavy atom. The van der Waals surface area contributed by atoms with E-state index in [9.17, 15) is 4.79 Å². The van der Waals surface area contributed by atoms with Gasteiger partial charge in [-0.3, -0.25) is 9.69 Å². The van der Waals surface area contributed by atoms with E-state index >= 15 is 0 Å². The largest absolute Gasteiger partial charge is 0.379 e. The number of rotatable bonds is 7. The van der Waals surface area contributed by atoms with Crippen molar-refractivity contribution in [1.29, 1.82) is 5.26 Å². The maximum absolute atomic E-state index is 12.0. The molecule has 41 heavy (non-hydrogen) atoms. The summed E-state index contributed by atoms with van der Waals surface area (Å²) >= 11 is 0. The lowest BCUT2D eigenvalue weighted by Crippen LogP contribution is -2.48. The van der Waals surface area contributed by atoms with E-state index in [1.165, 1.54) is 5.56 Å². The summed E-state index contributed by atoms with van der Waals surface area (Å²) in [6.45, 7) is 7.25. The Hall–Kier alpha value is -4.52. The van der Waals surface area contributed by atoms with Crippen molar-refractivity contribution in [2.75, 3.05) is 62.7 Å². The summed E-state index contributed by atoms with van der Waals surface area (Å²) in [7, 11) is 0. The summed E-state index contributed by atoms with van der Waals surface area (Å²) in [5, 5.41) is 13.1. The van der Waals surface area contributed by atoms with Gasteiger partial charge in [0.15, 0.2) is 0 Å². The van der Waals surface area contributed by atoms with Crippen LogP contribution in [-0.4, -0.2) is 78.2 Å². The maximum atomic E-state index is 12.0. The second kappa shape index (κ2) is 12.3. The number of hydrogen-bond donors (Lipinski definition) is 1. The first-order chi connectivity index (χ1) is 20.2. The van der Waals surface area contributed by atoms with E-state index in [0.29, 0.717) is 19.0 Å². The standard InChI is InChI=1S/C32H33N7O2/c33-13-12-30(40)39-16-14-38(15-17-39)28-10-8-27(9-11-28)35-32-34-22-26-2-1-3-29(31(26)36-32)25-6-4-24(5-7-25)23-37-18-20-41-21-19-37/h1-11,22H,12,14-21,23H2,(H,34,35,36). The van der Waals surface area contributed by atoms with Crippen molar-refractivity contribution >= 4 is 34.1 Å². The highest BCUT2D eigenvalue weighted by molar-refractivity contribution is 5.94. The molecule has 6 rings (SSSR count). The lowest BCUT2D eigenvalue weighted by Gasteiger charge is -2.35. The Balaban J connectivity index is 1.13. The SMILES string of the molecule is N#CCC(=O)N1CCN(c2ccc(Nc3ncc4cccc(-c5ccc(CN6CCOCC6)cc5)c4n3)cc2)CC1. The van der Waals surface area contributed by atoms with Gasteiger partial charge in [0.1, 0.15) is 6.42 Å². The van der Waals surface area contributed by atoms with Crippen LogP contribution in [0, 0.1) is 11.3 Å². The summed E-state index contributed by atoms with van der Waals surface area (Å²) in [5.41, 5.74) is 6.41. The van der Waals surface area contributed by atoms with Crippen molar-refractivity contribution in [1.82, 2.24) is 19.8 Å². The average molecular weight is 548 g/mol. The highest BCUT2D eigenvalue weighted by Gasteiger charge is 2.21. The molecule has 2 aliphatic heterocycles. The number of morpholine rings is 1. The second-order valence-electron chi connectivity index (χ2n) is 10.4. The third-order valence-corrected chi connectivity index (χ3v) is 7.74. The highest BCUT2D eigenvalue weighted by Crippen LogP contribution is 2.29. The third-order valence-electron chi connectivity index (χ3n) is 7.74. The number of aromatic nitrogens is 2. The fourth-order valence-electron chi connectivity index (χ4n) is 5.43. The molecule has 0 bridgehead atoms. The van der Waals surface area contributed by atoms with Gasteiger partial charge in [-0.2, -0.15) is 5.26 Å². The Labute approximate surface area is 240 Å². The maximum Gasteiger partial charge on any atom is 0.236 e. The Morgan fingerprint density at radius 2 is 1.68 bits per heavy atom. The molecule has 0 unspecified atom stereocenters. The minimum Gasteiger partial charge on any atom is -0.379 e. The van der Waals surface area contributed by atoms with Gasteiger partial charge in [-0.15, -0.1) is 0 Å². The molecule has 208 valence electrons. The first kappa shape index (κ1) is 26.7. The number of nitrogens with one attached hydrogen (secondary N) is 1. The number of para-hydroxylation sites is 1. The van der Waals surface area contributed by atoms with E-state index in [0.717, 1.165) is 79.3 Å². The van der Waals surface area contributed by atoms with Gasteiger partial charge in [0.25, 0.3) is 0 Å². The smallest absolute Gasteiger partial charge is 0.236 e. The normalized spacial score (nSPS) is 16.0. The molecule has 0 saturated carbocycles. The van der Waals surface area contributed by atoms with E-state index in [-0.39, 0.29) is 12.3 Å². The number of amides is 1. The molecule has 1 N–H and O–H groups in total. The van der Waals surface area contributed by atoms with Crippen LogP contribution in [-0.2, 0) is 16.1 Å². The van der Waals surface area contributed by atoms with Crippen molar-refractivity contribution in [3.8, 4) is 17.2 Å². The van der Waals surface area contributed by atoms with Crippen molar-refractivity contribution in [3.05, 3.63) is 78.5 Å². The number of piperazine rings is 1. The molecule has 1 aromatic heterocycles. The van der Waals surface area contributed by atoms with Crippen molar-refractivity contribution in [2.45, 2.75) is 13.0 Å². The van der Waals surface area contributed by atoms with E-state index < -0.39 is 0 Å². The molecule has 9 heteroatoms. The molecule has 4 aromatic rings. The zero-order valence-electron chi connectivity index (χ0n) is 23.0. The van der Waals surface area contributed by atoms with Crippen LogP contribution < -0.4 is 10.2 Å². The number of anilines is 3. The van der Waals surface area contributed by atoms with Gasteiger partial charge in [-0.25, -0.2) is 9.97 Å². The Kier molecular flexibility index (Phi) is 8.03. The minimum absolute atomic E-state index is 0.0552. The summed E-state index contributed by atoms with van der Waals surface area (Å²) in [6, 6.07) is 25.1. The number of carbonyl (C=O) groups is 1. The number of nitrogens with zero attached hydrogens (tertiary/aromatic N) is 6. The van der Waals surface area contributed by atoms with Crippen LogP contribution >= 0.6 is 0 Å². The van der Waals surface area contributed by atoms with Crippen LogP contribution in [0.3, 0.4) is 0 Å². The predicted molar refractivity (Wildman–Crippen MR) is 160 cm³/mol. The van der Waals surface area contributed by atoms with Crippen LogP contribution in [0.1, 0.15) is 12.0 Å². The molecule has 0 radical (unpaired) electrons. The first-order valence-electron chi connectivity index (χ1n) is 14.1. The zero-order chi connectivity index (χ0) is 28.0.